The summed E-state index contributed by atoms with van der Waals surface area (Å²) >= 11 is 5.56. The van der Waals surface area contributed by atoms with E-state index in [2.05, 4.69) is 4.74 Å². The molecular formula is C11H8ClF3O2. The highest BCUT2D eigenvalue weighted by Gasteiger charge is 2.30. The third kappa shape index (κ3) is 4.11. The summed E-state index contributed by atoms with van der Waals surface area (Å²) < 4.78 is 41.6. The van der Waals surface area contributed by atoms with Crippen molar-refractivity contribution in [1.82, 2.24) is 0 Å². The number of carbonyl (C=O) groups is 1. The van der Waals surface area contributed by atoms with Crippen molar-refractivity contribution in [3.8, 4) is 0 Å². The summed E-state index contributed by atoms with van der Waals surface area (Å²) in [7, 11) is 1.17. The molecule has 0 aliphatic rings. The molecule has 0 radical (unpaired) electrons. The summed E-state index contributed by atoms with van der Waals surface area (Å²) in [6.45, 7) is 0. The first-order valence-corrected chi connectivity index (χ1v) is 4.84. The lowest BCUT2D eigenvalue weighted by molar-refractivity contribution is -0.137. The number of halogens is 4. The highest BCUT2D eigenvalue weighted by Crippen LogP contribution is 2.32. The normalized spacial score (nSPS) is 11.8. The van der Waals surface area contributed by atoms with Gasteiger partial charge in [-0.05, 0) is 29.8 Å². The Hall–Kier alpha value is -1.49. The number of alkyl halides is 3. The van der Waals surface area contributed by atoms with Gasteiger partial charge in [-0.15, -0.1) is 0 Å². The molecule has 0 atom stereocenters. The van der Waals surface area contributed by atoms with Crippen molar-refractivity contribution in [2.24, 2.45) is 0 Å². The maximum Gasteiger partial charge on any atom is 0.416 e. The number of methoxy groups -OCH3 is 1. The van der Waals surface area contributed by atoms with Crippen molar-refractivity contribution in [2.45, 2.75) is 6.18 Å². The van der Waals surface area contributed by atoms with Crippen molar-refractivity contribution in [3.63, 3.8) is 0 Å². The van der Waals surface area contributed by atoms with E-state index < -0.39 is 17.7 Å². The van der Waals surface area contributed by atoms with E-state index in [-0.39, 0.29) is 10.6 Å². The summed E-state index contributed by atoms with van der Waals surface area (Å²) in [4.78, 5) is 10.8. The van der Waals surface area contributed by atoms with Crippen LogP contribution in [-0.2, 0) is 15.7 Å². The Kier molecular flexibility index (Phi) is 4.17. The number of ether oxygens (including phenoxy) is 1. The van der Waals surface area contributed by atoms with Gasteiger partial charge in [0.05, 0.1) is 12.7 Å². The quantitative estimate of drug-likeness (QED) is 0.603. The third-order valence-electron chi connectivity index (χ3n) is 1.86. The fourth-order valence-corrected chi connectivity index (χ4v) is 1.35. The van der Waals surface area contributed by atoms with Crippen LogP contribution in [0.3, 0.4) is 0 Å². The van der Waals surface area contributed by atoms with Gasteiger partial charge in [0, 0.05) is 11.1 Å². The third-order valence-corrected chi connectivity index (χ3v) is 2.08. The maximum absolute atomic E-state index is 12.4. The second-order valence-electron chi connectivity index (χ2n) is 3.13. The van der Waals surface area contributed by atoms with Gasteiger partial charge in [-0.1, -0.05) is 11.6 Å². The lowest BCUT2D eigenvalue weighted by Crippen LogP contribution is -2.05. The fraction of sp³-hybridized carbons (Fsp3) is 0.182. The van der Waals surface area contributed by atoms with Crippen LogP contribution >= 0.6 is 11.6 Å². The topological polar surface area (TPSA) is 26.3 Å². The predicted molar refractivity (Wildman–Crippen MR) is 57.5 cm³/mol. The van der Waals surface area contributed by atoms with E-state index in [9.17, 15) is 18.0 Å². The molecule has 1 aromatic carbocycles. The van der Waals surface area contributed by atoms with E-state index in [4.69, 9.17) is 11.6 Å². The predicted octanol–water partition coefficient (Wildman–Crippen LogP) is 3.55. The van der Waals surface area contributed by atoms with Gasteiger partial charge < -0.3 is 4.74 Å². The lowest BCUT2D eigenvalue weighted by atomic mass is 10.1. The number of hydrogen-bond acceptors (Lipinski definition) is 2. The molecule has 0 spiro atoms. The summed E-state index contributed by atoms with van der Waals surface area (Å²) in [6.07, 6.45) is -2.25. The molecule has 1 rings (SSSR count). The first-order chi connectivity index (χ1) is 7.82. The summed E-state index contributed by atoms with van der Waals surface area (Å²) in [5.41, 5.74) is -0.690. The molecule has 0 aliphatic heterocycles. The lowest BCUT2D eigenvalue weighted by Gasteiger charge is -2.07. The molecule has 0 aromatic heterocycles. The SMILES string of the molecule is COC(=O)C=Cc1cc(Cl)cc(C(F)(F)F)c1. The van der Waals surface area contributed by atoms with Gasteiger partial charge in [-0.2, -0.15) is 13.2 Å². The largest absolute Gasteiger partial charge is 0.466 e. The molecule has 92 valence electrons. The number of benzene rings is 1. The average Bonchev–Trinajstić information content (AvgIpc) is 2.24. The second-order valence-corrected chi connectivity index (χ2v) is 3.56. The van der Waals surface area contributed by atoms with Gasteiger partial charge in [0.1, 0.15) is 0 Å². The van der Waals surface area contributed by atoms with Gasteiger partial charge in [0.15, 0.2) is 0 Å². The highest BCUT2D eigenvalue weighted by molar-refractivity contribution is 6.30. The van der Waals surface area contributed by atoms with Crippen LogP contribution in [0.1, 0.15) is 11.1 Å². The Morgan fingerprint density at radius 1 is 1.35 bits per heavy atom. The van der Waals surface area contributed by atoms with Crippen LogP contribution in [0.15, 0.2) is 24.3 Å². The molecule has 2 nitrogen and oxygen atoms in total. The zero-order chi connectivity index (χ0) is 13.1. The molecule has 0 fully saturated rings. The van der Waals surface area contributed by atoms with Crippen LogP contribution in [0.25, 0.3) is 6.08 Å². The first-order valence-electron chi connectivity index (χ1n) is 4.47. The van der Waals surface area contributed by atoms with E-state index in [1.54, 1.807) is 0 Å². The standard InChI is InChI=1S/C11H8ClF3O2/c1-17-10(16)3-2-7-4-8(11(13,14)15)6-9(12)5-7/h2-6H,1H3. The number of carbonyl (C=O) groups excluding carboxylic acids is 1. The molecule has 0 bridgehead atoms. The minimum atomic E-state index is -4.47. The minimum absolute atomic E-state index is 0.0515. The van der Waals surface area contributed by atoms with Crippen molar-refractivity contribution in [2.75, 3.05) is 7.11 Å². The van der Waals surface area contributed by atoms with Crippen molar-refractivity contribution in [3.05, 3.63) is 40.4 Å². The molecule has 1 aromatic rings. The summed E-state index contributed by atoms with van der Waals surface area (Å²) in [5, 5.41) is -0.0515. The van der Waals surface area contributed by atoms with Crippen LogP contribution in [0.2, 0.25) is 5.02 Å². The Morgan fingerprint density at radius 3 is 2.53 bits per heavy atom. The molecule has 0 amide bonds. The molecule has 0 N–H and O–H groups in total. The van der Waals surface area contributed by atoms with Crippen molar-refractivity contribution >= 4 is 23.6 Å². The Morgan fingerprint density at radius 2 is 2.00 bits per heavy atom. The Bertz CT molecular complexity index is 453. The Labute approximate surface area is 101 Å². The maximum atomic E-state index is 12.4. The van der Waals surface area contributed by atoms with E-state index in [1.165, 1.54) is 19.3 Å². The van der Waals surface area contributed by atoms with Gasteiger partial charge >= 0.3 is 12.1 Å². The number of esters is 1. The highest BCUT2D eigenvalue weighted by atomic mass is 35.5. The monoisotopic (exact) mass is 264 g/mol. The summed E-state index contributed by atoms with van der Waals surface area (Å²) in [6, 6.07) is 3.03. The van der Waals surface area contributed by atoms with E-state index in [1.807, 2.05) is 0 Å². The molecule has 17 heavy (non-hydrogen) atoms. The van der Waals surface area contributed by atoms with Crippen molar-refractivity contribution in [1.29, 1.82) is 0 Å². The van der Waals surface area contributed by atoms with Crippen LogP contribution in [0.5, 0.6) is 0 Å². The molecule has 0 saturated carbocycles. The smallest absolute Gasteiger partial charge is 0.416 e. The fourth-order valence-electron chi connectivity index (χ4n) is 1.10. The molecule has 0 saturated heterocycles. The van der Waals surface area contributed by atoms with Gasteiger partial charge in [-0.25, -0.2) is 4.79 Å². The first kappa shape index (κ1) is 13.6. The van der Waals surface area contributed by atoms with Crippen LogP contribution in [0.4, 0.5) is 13.2 Å². The van der Waals surface area contributed by atoms with Crippen LogP contribution < -0.4 is 0 Å². The minimum Gasteiger partial charge on any atom is -0.466 e. The van der Waals surface area contributed by atoms with E-state index in [0.29, 0.717) is 0 Å². The van der Waals surface area contributed by atoms with Gasteiger partial charge in [0.2, 0.25) is 0 Å². The molecule has 0 aliphatic carbocycles. The number of hydrogen-bond donors (Lipinski definition) is 0. The molecular weight excluding hydrogens is 257 g/mol. The zero-order valence-corrected chi connectivity index (χ0v) is 9.47. The number of rotatable bonds is 2. The molecule has 0 heterocycles. The van der Waals surface area contributed by atoms with E-state index in [0.717, 1.165) is 18.2 Å². The molecule has 0 unspecified atom stereocenters. The average molecular weight is 265 g/mol. The zero-order valence-electron chi connectivity index (χ0n) is 8.72. The van der Waals surface area contributed by atoms with Gasteiger partial charge in [0.25, 0.3) is 0 Å². The summed E-state index contributed by atoms with van der Waals surface area (Å²) in [5.74, 6) is -0.654. The molecule has 6 heteroatoms. The van der Waals surface area contributed by atoms with Crippen molar-refractivity contribution < 1.29 is 22.7 Å². The van der Waals surface area contributed by atoms with E-state index >= 15 is 0 Å². The Balaban J connectivity index is 3.06. The second kappa shape index (κ2) is 5.23. The van der Waals surface area contributed by atoms with Crippen LogP contribution in [-0.4, -0.2) is 13.1 Å². The van der Waals surface area contributed by atoms with Gasteiger partial charge in [-0.3, -0.25) is 0 Å². The van der Waals surface area contributed by atoms with Crippen LogP contribution in [0, 0.1) is 0 Å².